The third kappa shape index (κ3) is 3.63. The zero-order valence-corrected chi connectivity index (χ0v) is 12.8. The first-order valence-electron chi connectivity index (χ1n) is 6.44. The highest BCUT2D eigenvalue weighted by atomic mass is 35.5. The number of anilines is 1. The van der Waals surface area contributed by atoms with Gasteiger partial charge < -0.3 is 0 Å². The van der Waals surface area contributed by atoms with Gasteiger partial charge in [0.05, 0.1) is 23.8 Å². The maximum atomic E-state index is 5.86. The van der Waals surface area contributed by atoms with Crippen molar-refractivity contribution in [1.29, 1.82) is 0 Å². The molecule has 1 heterocycles. The van der Waals surface area contributed by atoms with E-state index in [1.165, 1.54) is 0 Å². The Morgan fingerprint density at radius 1 is 0.955 bits per heavy atom. The maximum Gasteiger partial charge on any atom is 0.126 e. The number of hydrazone groups is 1. The van der Waals surface area contributed by atoms with Gasteiger partial charge in [-0.15, -0.1) is 5.10 Å². The Labute approximate surface area is 137 Å². The van der Waals surface area contributed by atoms with Crippen molar-refractivity contribution in [3.63, 3.8) is 0 Å². The molecule has 3 aromatic rings. The van der Waals surface area contributed by atoms with Gasteiger partial charge in [-0.2, -0.15) is 5.10 Å². The predicted molar refractivity (Wildman–Crippen MR) is 89.0 cm³/mol. The molecule has 0 unspecified atom stereocenters. The lowest BCUT2D eigenvalue weighted by molar-refractivity contribution is 0.803. The lowest BCUT2D eigenvalue weighted by Gasteiger charge is -1.99. The fourth-order valence-corrected chi connectivity index (χ4v) is 2.01. The number of nitrogens with one attached hydrogen (secondary N) is 1. The summed E-state index contributed by atoms with van der Waals surface area (Å²) in [6.45, 7) is 0. The lowest BCUT2D eigenvalue weighted by atomic mass is 10.3. The van der Waals surface area contributed by atoms with Crippen LogP contribution in [0.1, 0.15) is 5.69 Å². The summed E-state index contributed by atoms with van der Waals surface area (Å²) in [5, 5.41) is 13.5. The van der Waals surface area contributed by atoms with Crippen molar-refractivity contribution in [3.8, 4) is 5.69 Å². The minimum Gasteiger partial charge on any atom is -0.278 e. The quantitative estimate of drug-likeness (QED) is 0.580. The average molecular weight is 332 g/mol. The molecule has 1 aromatic heterocycles. The van der Waals surface area contributed by atoms with E-state index in [0.29, 0.717) is 15.7 Å². The van der Waals surface area contributed by atoms with Crippen molar-refractivity contribution in [2.24, 2.45) is 5.10 Å². The van der Waals surface area contributed by atoms with Crippen molar-refractivity contribution in [2.75, 3.05) is 5.43 Å². The van der Waals surface area contributed by atoms with Crippen LogP contribution in [0.3, 0.4) is 0 Å². The second-order valence-corrected chi connectivity index (χ2v) is 5.31. The van der Waals surface area contributed by atoms with Crippen LogP contribution >= 0.6 is 23.2 Å². The summed E-state index contributed by atoms with van der Waals surface area (Å²) >= 11 is 11.7. The molecule has 0 aliphatic heterocycles. The van der Waals surface area contributed by atoms with E-state index < -0.39 is 0 Å². The van der Waals surface area contributed by atoms with Gasteiger partial charge in [0.15, 0.2) is 0 Å². The van der Waals surface area contributed by atoms with E-state index in [9.17, 15) is 0 Å². The van der Waals surface area contributed by atoms with Gasteiger partial charge in [0.25, 0.3) is 0 Å². The van der Waals surface area contributed by atoms with E-state index in [1.54, 1.807) is 41.4 Å². The van der Waals surface area contributed by atoms with Crippen molar-refractivity contribution in [1.82, 2.24) is 15.0 Å². The molecule has 0 aliphatic rings. The van der Waals surface area contributed by atoms with Crippen molar-refractivity contribution >= 4 is 35.1 Å². The molecule has 0 saturated carbocycles. The van der Waals surface area contributed by atoms with Crippen LogP contribution in [0.25, 0.3) is 5.69 Å². The monoisotopic (exact) mass is 331 g/mol. The third-order valence-corrected chi connectivity index (χ3v) is 3.34. The van der Waals surface area contributed by atoms with E-state index in [1.807, 2.05) is 24.3 Å². The fourth-order valence-electron chi connectivity index (χ4n) is 1.75. The van der Waals surface area contributed by atoms with Crippen LogP contribution in [0.15, 0.2) is 59.8 Å². The average Bonchev–Trinajstić information content (AvgIpc) is 2.99. The molecule has 0 fully saturated rings. The van der Waals surface area contributed by atoms with Gasteiger partial charge in [0.2, 0.25) is 0 Å². The number of rotatable bonds is 4. The van der Waals surface area contributed by atoms with Crippen molar-refractivity contribution < 1.29 is 0 Å². The van der Waals surface area contributed by atoms with E-state index in [0.717, 1.165) is 11.4 Å². The molecule has 0 spiro atoms. The number of halogens is 2. The van der Waals surface area contributed by atoms with Gasteiger partial charge >= 0.3 is 0 Å². The highest BCUT2D eigenvalue weighted by Crippen LogP contribution is 2.14. The molecule has 0 saturated heterocycles. The first-order chi connectivity index (χ1) is 10.7. The highest BCUT2D eigenvalue weighted by Gasteiger charge is 2.00. The van der Waals surface area contributed by atoms with Crippen LogP contribution < -0.4 is 5.43 Å². The number of aromatic nitrogens is 3. The first kappa shape index (κ1) is 14.6. The predicted octanol–water partition coefficient (Wildman–Crippen LogP) is 4.02. The zero-order valence-electron chi connectivity index (χ0n) is 11.3. The second kappa shape index (κ2) is 6.60. The van der Waals surface area contributed by atoms with Crippen molar-refractivity contribution in [2.45, 2.75) is 0 Å². The van der Waals surface area contributed by atoms with Crippen LogP contribution in [0.4, 0.5) is 5.69 Å². The molecular weight excluding hydrogens is 321 g/mol. The summed E-state index contributed by atoms with van der Waals surface area (Å²) in [5.41, 5.74) is 5.24. The second-order valence-electron chi connectivity index (χ2n) is 4.44. The molecule has 3 rings (SSSR count). The van der Waals surface area contributed by atoms with Crippen LogP contribution in [0, 0.1) is 0 Å². The number of hydrogen-bond acceptors (Lipinski definition) is 4. The molecule has 2 aromatic carbocycles. The topological polar surface area (TPSA) is 55.1 Å². The molecular formula is C15H11Cl2N5. The number of hydrogen-bond donors (Lipinski definition) is 1. The molecule has 5 nitrogen and oxygen atoms in total. The Hall–Kier alpha value is -2.37. The zero-order chi connectivity index (χ0) is 15.4. The van der Waals surface area contributed by atoms with E-state index >= 15 is 0 Å². The normalized spacial score (nSPS) is 11.0. The van der Waals surface area contributed by atoms with Crippen molar-refractivity contribution in [3.05, 3.63) is 70.5 Å². The third-order valence-electron chi connectivity index (χ3n) is 2.84. The SMILES string of the molecule is Clc1ccc(N/N=C/c2cn(-c3ccc(Cl)cc3)nn2)cc1. The summed E-state index contributed by atoms with van der Waals surface area (Å²) in [6.07, 6.45) is 3.37. The Kier molecular flexibility index (Phi) is 4.37. The van der Waals surface area contributed by atoms with Gasteiger partial charge in [-0.05, 0) is 48.5 Å². The van der Waals surface area contributed by atoms with Gasteiger partial charge in [0.1, 0.15) is 5.69 Å². The standard InChI is InChI=1S/C15H11Cl2N5/c16-11-1-5-13(6-2-11)19-18-9-14-10-22(21-20-14)15-7-3-12(17)4-8-15/h1-10,19H/b18-9+. The van der Waals surface area contributed by atoms with E-state index in [2.05, 4.69) is 20.8 Å². The van der Waals surface area contributed by atoms with Gasteiger partial charge in [-0.25, -0.2) is 4.68 Å². The fraction of sp³-hybridized carbons (Fsp3) is 0. The molecule has 7 heteroatoms. The number of benzene rings is 2. The lowest BCUT2D eigenvalue weighted by Crippen LogP contribution is -1.93. The minimum atomic E-state index is 0.636. The summed E-state index contributed by atoms with van der Waals surface area (Å²) in [5.74, 6) is 0. The van der Waals surface area contributed by atoms with Gasteiger partial charge in [0, 0.05) is 10.0 Å². The van der Waals surface area contributed by atoms with E-state index in [-0.39, 0.29) is 0 Å². The van der Waals surface area contributed by atoms with Crippen LogP contribution in [-0.4, -0.2) is 21.2 Å². The molecule has 110 valence electrons. The first-order valence-corrected chi connectivity index (χ1v) is 7.19. The largest absolute Gasteiger partial charge is 0.278 e. The Morgan fingerprint density at radius 2 is 1.59 bits per heavy atom. The Balaban J connectivity index is 1.67. The Morgan fingerprint density at radius 3 is 2.27 bits per heavy atom. The Bertz CT molecular complexity index is 778. The van der Waals surface area contributed by atoms with E-state index in [4.69, 9.17) is 23.2 Å². The summed E-state index contributed by atoms with van der Waals surface area (Å²) in [7, 11) is 0. The van der Waals surface area contributed by atoms with Gasteiger partial charge in [-0.1, -0.05) is 28.4 Å². The van der Waals surface area contributed by atoms with Crippen LogP contribution in [0.2, 0.25) is 10.0 Å². The number of nitrogens with zero attached hydrogens (tertiary/aromatic N) is 4. The summed E-state index contributed by atoms with van der Waals surface area (Å²) < 4.78 is 1.65. The summed E-state index contributed by atoms with van der Waals surface area (Å²) in [6, 6.07) is 14.6. The molecule has 22 heavy (non-hydrogen) atoms. The summed E-state index contributed by atoms with van der Waals surface area (Å²) in [4.78, 5) is 0. The van der Waals surface area contributed by atoms with Crippen LogP contribution in [0.5, 0.6) is 0 Å². The van der Waals surface area contributed by atoms with Gasteiger partial charge in [-0.3, -0.25) is 5.43 Å². The molecule has 0 aliphatic carbocycles. The molecule has 0 amide bonds. The molecule has 1 N–H and O–H groups in total. The molecule has 0 atom stereocenters. The maximum absolute atomic E-state index is 5.86. The molecule has 0 radical (unpaired) electrons. The smallest absolute Gasteiger partial charge is 0.126 e. The minimum absolute atomic E-state index is 0.636. The van der Waals surface area contributed by atoms with Crippen LogP contribution in [-0.2, 0) is 0 Å². The highest BCUT2D eigenvalue weighted by molar-refractivity contribution is 6.30. The molecule has 0 bridgehead atoms.